The van der Waals surface area contributed by atoms with E-state index in [1.54, 1.807) is 4.68 Å². The number of thioether (sulfide) groups is 1. The first-order valence-corrected chi connectivity index (χ1v) is 9.72. The first kappa shape index (κ1) is 17.1. The summed E-state index contributed by atoms with van der Waals surface area (Å²) in [5.41, 5.74) is 4.11. The SMILES string of the molecule is Cc1cc(C(=O)N2CCC(C)Sc3ccccc32)c2c(C)nn(C)c2n1. The molecular formula is C20H22N4OS. The number of hydrogen-bond acceptors (Lipinski definition) is 4. The number of fused-ring (bicyclic) bond motifs is 2. The molecule has 0 bridgehead atoms. The molecule has 1 aliphatic heterocycles. The highest BCUT2D eigenvalue weighted by Gasteiger charge is 2.27. The molecule has 3 heterocycles. The number of benzene rings is 1. The lowest BCUT2D eigenvalue weighted by Crippen LogP contribution is -2.32. The second-order valence-corrected chi connectivity index (χ2v) is 8.34. The molecule has 1 aromatic carbocycles. The van der Waals surface area contributed by atoms with Gasteiger partial charge < -0.3 is 4.90 Å². The van der Waals surface area contributed by atoms with Gasteiger partial charge in [-0.2, -0.15) is 5.10 Å². The van der Waals surface area contributed by atoms with E-state index in [1.807, 2.05) is 61.8 Å². The van der Waals surface area contributed by atoms with Gasteiger partial charge in [0.25, 0.3) is 5.91 Å². The highest BCUT2D eigenvalue weighted by molar-refractivity contribution is 8.00. The van der Waals surface area contributed by atoms with Gasteiger partial charge in [0.2, 0.25) is 0 Å². The van der Waals surface area contributed by atoms with Crippen LogP contribution in [0.25, 0.3) is 11.0 Å². The smallest absolute Gasteiger partial charge is 0.259 e. The molecule has 1 aliphatic rings. The fourth-order valence-electron chi connectivity index (χ4n) is 3.58. The Hall–Kier alpha value is -2.34. The Morgan fingerprint density at radius 1 is 1.27 bits per heavy atom. The Morgan fingerprint density at radius 3 is 2.85 bits per heavy atom. The number of nitrogens with zero attached hydrogens (tertiary/aromatic N) is 4. The van der Waals surface area contributed by atoms with Crippen molar-refractivity contribution in [1.82, 2.24) is 14.8 Å². The second-order valence-electron chi connectivity index (χ2n) is 6.86. The zero-order valence-electron chi connectivity index (χ0n) is 15.5. The van der Waals surface area contributed by atoms with Crippen molar-refractivity contribution in [2.45, 2.75) is 37.3 Å². The van der Waals surface area contributed by atoms with Crippen LogP contribution in [0.15, 0.2) is 35.2 Å². The molecule has 0 saturated carbocycles. The van der Waals surface area contributed by atoms with E-state index in [4.69, 9.17) is 0 Å². The molecule has 6 heteroatoms. The minimum absolute atomic E-state index is 0.0266. The summed E-state index contributed by atoms with van der Waals surface area (Å²) in [5.74, 6) is 0.0266. The van der Waals surface area contributed by atoms with Gasteiger partial charge in [-0.3, -0.25) is 9.48 Å². The number of hydrogen-bond donors (Lipinski definition) is 0. The zero-order valence-corrected chi connectivity index (χ0v) is 16.3. The Kier molecular flexibility index (Phi) is 4.23. The van der Waals surface area contributed by atoms with Crippen LogP contribution in [0.4, 0.5) is 5.69 Å². The van der Waals surface area contributed by atoms with Crippen molar-refractivity contribution in [3.8, 4) is 0 Å². The van der Waals surface area contributed by atoms with Gasteiger partial charge >= 0.3 is 0 Å². The number of amides is 1. The monoisotopic (exact) mass is 366 g/mol. The highest BCUT2D eigenvalue weighted by atomic mass is 32.2. The Morgan fingerprint density at radius 2 is 2.04 bits per heavy atom. The molecule has 134 valence electrons. The van der Waals surface area contributed by atoms with Crippen LogP contribution >= 0.6 is 11.8 Å². The van der Waals surface area contributed by atoms with E-state index in [-0.39, 0.29) is 5.91 Å². The predicted octanol–water partition coefficient (Wildman–Crippen LogP) is 4.12. The van der Waals surface area contributed by atoms with Crippen molar-refractivity contribution in [1.29, 1.82) is 0 Å². The molecule has 2 aromatic heterocycles. The average molecular weight is 366 g/mol. The van der Waals surface area contributed by atoms with E-state index in [0.717, 1.165) is 39.4 Å². The van der Waals surface area contributed by atoms with Crippen molar-refractivity contribution >= 4 is 34.4 Å². The van der Waals surface area contributed by atoms with Gasteiger partial charge in [-0.05, 0) is 38.5 Å². The number of aryl methyl sites for hydroxylation is 3. The van der Waals surface area contributed by atoms with E-state index >= 15 is 0 Å². The summed E-state index contributed by atoms with van der Waals surface area (Å²) >= 11 is 1.84. The Labute approximate surface area is 157 Å². The number of para-hydroxylation sites is 1. The first-order valence-electron chi connectivity index (χ1n) is 8.84. The fourth-order valence-corrected chi connectivity index (χ4v) is 4.69. The van der Waals surface area contributed by atoms with Crippen LogP contribution in [-0.2, 0) is 7.05 Å². The molecular weight excluding hydrogens is 344 g/mol. The second kappa shape index (κ2) is 6.43. The van der Waals surface area contributed by atoms with Crippen molar-refractivity contribution in [2.24, 2.45) is 7.05 Å². The van der Waals surface area contributed by atoms with Crippen LogP contribution in [0.5, 0.6) is 0 Å². The van der Waals surface area contributed by atoms with E-state index in [1.165, 1.54) is 0 Å². The molecule has 0 radical (unpaired) electrons. The maximum Gasteiger partial charge on any atom is 0.259 e. The van der Waals surface area contributed by atoms with Crippen LogP contribution in [0.2, 0.25) is 0 Å². The van der Waals surface area contributed by atoms with Gasteiger partial charge in [0.05, 0.1) is 22.3 Å². The molecule has 0 fully saturated rings. The molecule has 3 aromatic rings. The molecule has 1 unspecified atom stereocenters. The van der Waals surface area contributed by atoms with Gasteiger partial charge in [-0.1, -0.05) is 19.1 Å². The zero-order chi connectivity index (χ0) is 18.4. The van der Waals surface area contributed by atoms with Gasteiger partial charge in [-0.25, -0.2) is 4.98 Å². The summed E-state index contributed by atoms with van der Waals surface area (Å²) < 4.78 is 1.75. The normalized spacial score (nSPS) is 17.2. The minimum Gasteiger partial charge on any atom is -0.307 e. The van der Waals surface area contributed by atoms with Crippen LogP contribution in [0, 0.1) is 13.8 Å². The van der Waals surface area contributed by atoms with Crippen LogP contribution < -0.4 is 4.90 Å². The number of pyridine rings is 1. The molecule has 26 heavy (non-hydrogen) atoms. The molecule has 1 amide bonds. The number of aromatic nitrogens is 3. The molecule has 1 atom stereocenters. The largest absolute Gasteiger partial charge is 0.307 e. The maximum atomic E-state index is 13.6. The molecule has 0 spiro atoms. The summed E-state index contributed by atoms with van der Waals surface area (Å²) in [7, 11) is 1.87. The third-order valence-corrected chi connectivity index (χ3v) is 6.05. The number of rotatable bonds is 1. The lowest BCUT2D eigenvalue weighted by atomic mass is 10.1. The lowest BCUT2D eigenvalue weighted by molar-refractivity contribution is 0.0988. The van der Waals surface area contributed by atoms with Crippen LogP contribution in [-0.4, -0.2) is 32.5 Å². The lowest BCUT2D eigenvalue weighted by Gasteiger charge is -2.23. The summed E-state index contributed by atoms with van der Waals surface area (Å²) in [6, 6.07) is 10.1. The third-order valence-electron chi connectivity index (χ3n) is 4.82. The minimum atomic E-state index is 0.0266. The van der Waals surface area contributed by atoms with Gasteiger partial charge in [0.1, 0.15) is 0 Å². The molecule has 5 nitrogen and oxygen atoms in total. The van der Waals surface area contributed by atoms with E-state index in [2.05, 4.69) is 23.1 Å². The summed E-state index contributed by atoms with van der Waals surface area (Å²) in [6.07, 6.45) is 0.963. The Balaban J connectivity index is 1.88. The predicted molar refractivity (Wildman–Crippen MR) is 106 cm³/mol. The third kappa shape index (κ3) is 2.78. The number of anilines is 1. The van der Waals surface area contributed by atoms with E-state index in [9.17, 15) is 4.79 Å². The maximum absolute atomic E-state index is 13.6. The summed E-state index contributed by atoms with van der Waals surface area (Å²) in [5, 5.41) is 5.81. The molecule has 0 saturated heterocycles. The van der Waals surface area contributed by atoms with E-state index < -0.39 is 0 Å². The van der Waals surface area contributed by atoms with Crippen molar-refractivity contribution in [3.05, 3.63) is 47.3 Å². The van der Waals surface area contributed by atoms with Crippen molar-refractivity contribution in [3.63, 3.8) is 0 Å². The topological polar surface area (TPSA) is 51.0 Å². The van der Waals surface area contributed by atoms with Gasteiger partial charge in [0.15, 0.2) is 5.65 Å². The van der Waals surface area contributed by atoms with Crippen molar-refractivity contribution < 1.29 is 4.79 Å². The van der Waals surface area contributed by atoms with Crippen molar-refractivity contribution in [2.75, 3.05) is 11.4 Å². The van der Waals surface area contributed by atoms with Gasteiger partial charge in [0, 0.05) is 29.4 Å². The summed E-state index contributed by atoms with van der Waals surface area (Å²) in [4.78, 5) is 21.3. The highest BCUT2D eigenvalue weighted by Crippen LogP contribution is 2.38. The molecule has 0 aliphatic carbocycles. The molecule has 4 rings (SSSR count). The van der Waals surface area contributed by atoms with E-state index in [0.29, 0.717) is 17.4 Å². The van der Waals surface area contributed by atoms with Crippen LogP contribution in [0.1, 0.15) is 35.1 Å². The van der Waals surface area contributed by atoms with Crippen LogP contribution in [0.3, 0.4) is 0 Å². The quantitative estimate of drug-likeness (QED) is 0.650. The van der Waals surface area contributed by atoms with Gasteiger partial charge in [-0.15, -0.1) is 11.8 Å². The summed E-state index contributed by atoms with van der Waals surface area (Å²) in [6.45, 7) is 6.79. The number of carbonyl (C=O) groups excluding carboxylic acids is 1. The number of carbonyl (C=O) groups is 1. The average Bonchev–Trinajstić information content (AvgIpc) is 2.78. The Bertz CT molecular complexity index is 1010. The molecule has 0 N–H and O–H groups in total. The standard InChI is InChI=1S/C20H22N4OS/c1-12-11-15(18-14(3)22-23(4)19(18)21-12)20(25)24-10-9-13(2)26-17-8-6-5-7-16(17)24/h5-8,11,13H,9-10H2,1-4H3. The first-order chi connectivity index (χ1) is 12.5. The fraction of sp³-hybridized carbons (Fsp3) is 0.350.